The lowest BCUT2D eigenvalue weighted by molar-refractivity contribution is 0.209. The monoisotopic (exact) mass is 825 g/mol. The highest BCUT2D eigenvalue weighted by Gasteiger charge is 2.32. The second kappa shape index (κ2) is 15.8. The maximum absolute atomic E-state index is 17.1. The molecule has 1 amide bonds. The molecule has 0 saturated heterocycles. The molecule has 0 bridgehead atoms. The first kappa shape index (κ1) is 37.8. The van der Waals surface area contributed by atoms with E-state index in [1.807, 2.05) is 72.5 Å². The molecular weight excluding hydrogens is 792 g/mol. The van der Waals surface area contributed by atoms with Crippen molar-refractivity contribution in [3.05, 3.63) is 135 Å². The highest BCUT2D eigenvalue weighted by atomic mass is 35.5. The van der Waals surface area contributed by atoms with Gasteiger partial charge in [0.1, 0.15) is 29.8 Å². The van der Waals surface area contributed by atoms with Crippen LogP contribution in [0.1, 0.15) is 29.7 Å². The SMILES string of the molecule is COc1ccc(CN(Cc2ccc(OC)cc2)c2ncccc2C(C)N2C=C(Cl)Oc3c(F)c(-c4cccc5sc(NC(=O)O)nc45)c(Cl)c4c3=C2NCN=4)cc1. The molecule has 3 N–H and O–H groups in total. The summed E-state index contributed by atoms with van der Waals surface area (Å²) in [7, 11) is 3.27. The van der Waals surface area contributed by atoms with E-state index >= 15 is 4.39 Å². The molecule has 4 heterocycles. The Labute approximate surface area is 340 Å². The number of carboxylic acid groups (broad SMARTS) is 1. The largest absolute Gasteiger partial charge is 0.497 e. The number of para-hydroxylation sites is 1. The lowest BCUT2D eigenvalue weighted by Gasteiger charge is -2.34. The van der Waals surface area contributed by atoms with Crippen molar-refractivity contribution in [2.45, 2.75) is 26.1 Å². The number of nitrogens with one attached hydrogen (secondary N) is 2. The lowest BCUT2D eigenvalue weighted by atomic mass is 10.0. The van der Waals surface area contributed by atoms with Gasteiger partial charge in [-0.2, -0.15) is 0 Å². The Morgan fingerprint density at radius 2 is 1.72 bits per heavy atom. The van der Waals surface area contributed by atoms with Crippen molar-refractivity contribution in [2.75, 3.05) is 31.1 Å². The van der Waals surface area contributed by atoms with E-state index in [0.717, 1.165) is 45.3 Å². The third-order valence-electron chi connectivity index (χ3n) is 9.68. The molecule has 4 aromatic carbocycles. The number of pyridine rings is 1. The van der Waals surface area contributed by atoms with Crippen LogP contribution < -0.4 is 40.3 Å². The van der Waals surface area contributed by atoms with Gasteiger partial charge in [0.2, 0.25) is 5.22 Å². The Bertz CT molecular complexity index is 2630. The van der Waals surface area contributed by atoms with E-state index in [-0.39, 0.29) is 33.4 Å². The van der Waals surface area contributed by atoms with E-state index in [0.29, 0.717) is 45.3 Å². The van der Waals surface area contributed by atoms with Gasteiger partial charge in [0.25, 0.3) is 0 Å². The molecule has 57 heavy (non-hydrogen) atoms. The number of aromatic nitrogens is 2. The molecule has 1 unspecified atom stereocenters. The number of rotatable bonds is 11. The van der Waals surface area contributed by atoms with E-state index in [9.17, 15) is 9.90 Å². The predicted molar refractivity (Wildman–Crippen MR) is 219 cm³/mol. The van der Waals surface area contributed by atoms with Gasteiger partial charge in [0.15, 0.2) is 16.7 Å². The number of halogens is 3. The smallest absolute Gasteiger partial charge is 0.410 e. The topological polar surface area (TPSA) is 134 Å². The predicted octanol–water partition coefficient (Wildman–Crippen LogP) is 8.20. The van der Waals surface area contributed by atoms with E-state index in [1.54, 1.807) is 44.8 Å². The Kier molecular flexibility index (Phi) is 10.5. The van der Waals surface area contributed by atoms with Gasteiger partial charge in [-0.05, 0) is 66.0 Å². The number of amides is 1. The van der Waals surface area contributed by atoms with Crippen molar-refractivity contribution in [1.82, 2.24) is 20.2 Å². The van der Waals surface area contributed by atoms with Crippen LogP contribution >= 0.6 is 34.5 Å². The normalized spacial score (nSPS) is 13.7. The molecule has 0 aliphatic carbocycles. The van der Waals surface area contributed by atoms with Gasteiger partial charge in [-0.3, -0.25) is 10.3 Å². The molecule has 2 aliphatic rings. The first-order chi connectivity index (χ1) is 27.6. The summed E-state index contributed by atoms with van der Waals surface area (Å²) < 4.78 is 34.6. The zero-order valence-electron chi connectivity index (χ0n) is 30.7. The molecular formula is C41H34Cl2FN7O5S. The first-order valence-corrected chi connectivity index (χ1v) is 19.2. The summed E-state index contributed by atoms with van der Waals surface area (Å²) >= 11 is 15.0. The van der Waals surface area contributed by atoms with Crippen molar-refractivity contribution in [3.8, 4) is 28.4 Å². The van der Waals surface area contributed by atoms with Gasteiger partial charge in [-0.15, -0.1) is 0 Å². The van der Waals surface area contributed by atoms with Crippen molar-refractivity contribution in [3.63, 3.8) is 0 Å². The van der Waals surface area contributed by atoms with Crippen LogP contribution in [-0.4, -0.2) is 47.0 Å². The van der Waals surface area contributed by atoms with Crippen LogP contribution in [0.25, 0.3) is 27.2 Å². The van der Waals surface area contributed by atoms with Crippen LogP contribution in [0.15, 0.2) is 101 Å². The number of anilines is 2. The molecule has 1 atom stereocenters. The summed E-state index contributed by atoms with van der Waals surface area (Å²) in [6.45, 7) is 3.17. The summed E-state index contributed by atoms with van der Waals surface area (Å²) in [5, 5.41) is 15.6. The van der Waals surface area contributed by atoms with Crippen molar-refractivity contribution >= 4 is 67.6 Å². The van der Waals surface area contributed by atoms with E-state index in [2.05, 4.69) is 25.5 Å². The van der Waals surface area contributed by atoms with Crippen LogP contribution in [0.2, 0.25) is 5.02 Å². The van der Waals surface area contributed by atoms with Crippen molar-refractivity contribution < 1.29 is 28.5 Å². The number of fused-ring (bicyclic) bond motifs is 1. The highest BCUT2D eigenvalue weighted by Crippen LogP contribution is 2.41. The highest BCUT2D eigenvalue weighted by molar-refractivity contribution is 7.22. The fourth-order valence-electron chi connectivity index (χ4n) is 7.01. The third kappa shape index (κ3) is 7.34. The van der Waals surface area contributed by atoms with Gasteiger partial charge in [-0.25, -0.2) is 19.2 Å². The number of carbonyl (C=O) groups is 1. The number of ether oxygens (including phenoxy) is 3. The standard InChI is InChI=1S/C41H34Cl2FN7O5S/c1-22(27-7-5-17-45-38(27)50(18-23-9-13-25(54-2)14-10-23)19-24-11-15-26(55-3)16-12-24)51-20-30(42)56-37-32-36(46-21-47-39(32)51)33(43)31(34(37)44)28-6-4-8-29-35(28)48-40(57-29)49-41(52)53/h4-17,20,22,47H,18-19,21H2,1-3H3,(H,48,49)(H,52,53). The quantitative estimate of drug-likeness (QED) is 0.117. The number of hydrogen-bond donors (Lipinski definition) is 3. The molecule has 0 spiro atoms. The third-order valence-corrected chi connectivity index (χ3v) is 11.2. The maximum Gasteiger partial charge on any atom is 0.410 e. The summed E-state index contributed by atoms with van der Waals surface area (Å²) in [5.41, 5.74) is 3.65. The minimum Gasteiger partial charge on any atom is -0.497 e. The van der Waals surface area contributed by atoms with Crippen LogP contribution in [-0.2, 0) is 13.1 Å². The second-order valence-electron chi connectivity index (χ2n) is 13.1. The molecule has 8 rings (SSSR count). The van der Waals surface area contributed by atoms with Gasteiger partial charge >= 0.3 is 6.09 Å². The Balaban J connectivity index is 1.24. The fourth-order valence-corrected chi connectivity index (χ4v) is 8.42. The van der Waals surface area contributed by atoms with Gasteiger partial charge in [0.05, 0.1) is 52.3 Å². The van der Waals surface area contributed by atoms with Crippen LogP contribution in [0, 0.1) is 5.82 Å². The summed E-state index contributed by atoms with van der Waals surface area (Å²) in [6.07, 6.45) is 2.10. The average molecular weight is 827 g/mol. The minimum absolute atomic E-state index is 0.00130. The molecule has 12 nitrogen and oxygen atoms in total. The van der Waals surface area contributed by atoms with Crippen LogP contribution in [0.4, 0.5) is 20.1 Å². The van der Waals surface area contributed by atoms with Crippen LogP contribution in [0.3, 0.4) is 0 Å². The molecule has 0 fully saturated rings. The lowest BCUT2D eigenvalue weighted by Crippen LogP contribution is -2.45. The Morgan fingerprint density at radius 1 is 1.04 bits per heavy atom. The molecule has 16 heteroatoms. The van der Waals surface area contributed by atoms with Crippen molar-refractivity contribution in [1.29, 1.82) is 0 Å². The van der Waals surface area contributed by atoms with Gasteiger partial charge in [-0.1, -0.05) is 65.4 Å². The summed E-state index contributed by atoms with van der Waals surface area (Å²) in [6, 6.07) is 24.4. The molecule has 290 valence electrons. The van der Waals surface area contributed by atoms with E-state index in [1.165, 1.54) is 0 Å². The molecule has 2 aromatic heterocycles. The van der Waals surface area contributed by atoms with Gasteiger partial charge in [0, 0.05) is 36.0 Å². The molecule has 6 aromatic rings. The van der Waals surface area contributed by atoms with E-state index < -0.39 is 18.0 Å². The molecule has 2 aliphatic heterocycles. The average Bonchev–Trinajstić information content (AvgIpc) is 3.56. The summed E-state index contributed by atoms with van der Waals surface area (Å²) in [4.78, 5) is 29.5. The zero-order valence-corrected chi connectivity index (χ0v) is 33.0. The minimum atomic E-state index is -1.27. The number of hydrogen-bond acceptors (Lipinski definition) is 11. The van der Waals surface area contributed by atoms with Gasteiger partial charge < -0.3 is 34.4 Å². The number of nitrogens with zero attached hydrogens (tertiary/aromatic N) is 5. The molecule has 0 saturated carbocycles. The maximum atomic E-state index is 17.1. The van der Waals surface area contributed by atoms with E-state index in [4.69, 9.17) is 42.4 Å². The number of benzene rings is 4. The number of thiazole rings is 1. The fraction of sp³-hybridized carbons (Fsp3) is 0.171. The summed E-state index contributed by atoms with van der Waals surface area (Å²) in [5.74, 6) is 1.77. The second-order valence-corrected chi connectivity index (χ2v) is 14.9. The van der Waals surface area contributed by atoms with Crippen molar-refractivity contribution in [2.24, 2.45) is 4.99 Å². The Morgan fingerprint density at radius 3 is 2.37 bits per heavy atom. The zero-order chi connectivity index (χ0) is 39.8. The Hall–Kier alpha value is -6.09. The molecule has 0 radical (unpaired) electrons. The van der Waals surface area contributed by atoms with Crippen LogP contribution in [0.5, 0.6) is 17.2 Å². The number of methoxy groups -OCH3 is 2. The first-order valence-electron chi connectivity index (χ1n) is 17.7.